The van der Waals surface area contributed by atoms with Gasteiger partial charge in [-0.3, -0.25) is 0 Å². The highest BCUT2D eigenvalue weighted by molar-refractivity contribution is 6.29. The lowest BCUT2D eigenvalue weighted by Crippen LogP contribution is -2.12. The van der Waals surface area contributed by atoms with E-state index >= 15 is 0 Å². The van der Waals surface area contributed by atoms with Gasteiger partial charge in [-0.15, -0.1) is 0 Å². The largest absolute Gasteiger partial charge is 0.416 e. The Balaban J connectivity index is 1.95. The van der Waals surface area contributed by atoms with E-state index in [4.69, 9.17) is 0 Å². The van der Waals surface area contributed by atoms with Gasteiger partial charge in [-0.1, -0.05) is 6.07 Å². The number of fused-ring (bicyclic) bond motifs is 2. The Morgan fingerprint density at radius 3 is 1.10 bits per heavy atom. The molecule has 5 rings (SSSR count). The predicted molar refractivity (Wildman–Crippen MR) is 160 cm³/mol. The molecule has 51 heavy (non-hydrogen) atoms. The number of nitriles is 6. The van der Waals surface area contributed by atoms with Gasteiger partial charge in [0.1, 0.15) is 47.6 Å². The Hall–Kier alpha value is -7.07. The van der Waals surface area contributed by atoms with Crippen molar-refractivity contribution in [3.8, 4) is 36.4 Å². The molecule has 0 unspecified atom stereocenters. The number of allylic oxidation sites excluding steroid dienone is 8. The van der Waals surface area contributed by atoms with Gasteiger partial charge in [-0.05, 0) is 77.2 Å². The fraction of sp³-hybridized carbons (Fsp3) is 0.111. The molecular weight excluding hydrogens is 687 g/mol. The summed E-state index contributed by atoms with van der Waals surface area (Å²) in [5.41, 5.74) is -11.0. The summed E-state index contributed by atoms with van der Waals surface area (Å²) < 4.78 is 125. The van der Waals surface area contributed by atoms with Crippen molar-refractivity contribution in [3.05, 3.63) is 115 Å². The predicted octanol–water partition coefficient (Wildman–Crippen LogP) is 9.55. The van der Waals surface area contributed by atoms with Crippen molar-refractivity contribution in [2.45, 2.75) is 25.5 Å². The van der Waals surface area contributed by atoms with E-state index in [9.17, 15) is 71.1 Å². The van der Waals surface area contributed by atoms with Crippen LogP contribution in [0.4, 0.5) is 39.5 Å². The van der Waals surface area contributed by atoms with Crippen molar-refractivity contribution >= 4 is 33.4 Å². The topological polar surface area (TPSA) is 143 Å². The average Bonchev–Trinajstić information content (AvgIpc) is 3.55. The second-order valence-electron chi connectivity index (χ2n) is 11.0. The van der Waals surface area contributed by atoms with Gasteiger partial charge in [0, 0.05) is 33.4 Å². The van der Waals surface area contributed by atoms with Gasteiger partial charge in [0.05, 0.1) is 27.8 Å². The molecule has 0 fully saturated rings. The lowest BCUT2D eigenvalue weighted by atomic mass is 9.89. The number of alkyl halides is 9. The van der Waals surface area contributed by atoms with Crippen LogP contribution in [-0.4, -0.2) is 0 Å². The fourth-order valence-corrected chi connectivity index (χ4v) is 6.01. The first kappa shape index (κ1) is 35.2. The summed E-state index contributed by atoms with van der Waals surface area (Å²) in [6.07, 6.45) is -15.5. The summed E-state index contributed by atoms with van der Waals surface area (Å²) in [4.78, 5) is 0. The van der Waals surface area contributed by atoms with Crippen LogP contribution in [0, 0.1) is 74.9 Å². The summed E-state index contributed by atoms with van der Waals surface area (Å²) in [6, 6.07) is 15.2. The number of hydrogen-bond donors (Lipinski definition) is 0. The second-order valence-corrected chi connectivity index (χ2v) is 11.0. The lowest BCUT2D eigenvalue weighted by Gasteiger charge is -2.16. The normalized spacial score (nSPS) is 13.7. The van der Waals surface area contributed by atoms with Crippen LogP contribution in [-0.2, 0) is 18.5 Å². The quantitative estimate of drug-likeness (QED) is 0.193. The van der Waals surface area contributed by atoms with Gasteiger partial charge in [-0.2, -0.15) is 71.1 Å². The third-order valence-corrected chi connectivity index (χ3v) is 7.98. The van der Waals surface area contributed by atoms with Crippen LogP contribution in [0.25, 0.3) is 33.4 Å². The maximum atomic E-state index is 13.9. The molecule has 0 aliphatic heterocycles. The average molecular weight is 699 g/mol. The molecule has 15 heteroatoms. The van der Waals surface area contributed by atoms with Crippen LogP contribution < -0.4 is 0 Å². The smallest absolute Gasteiger partial charge is 0.192 e. The molecule has 3 aromatic rings. The third-order valence-electron chi connectivity index (χ3n) is 7.98. The Kier molecular flexibility index (Phi) is 8.37. The van der Waals surface area contributed by atoms with Crippen molar-refractivity contribution in [2.75, 3.05) is 0 Å². The first-order valence-electron chi connectivity index (χ1n) is 13.9. The van der Waals surface area contributed by atoms with Gasteiger partial charge in [0.15, 0.2) is 0 Å². The number of nitrogens with zero attached hydrogens (tertiary/aromatic N) is 6. The van der Waals surface area contributed by atoms with Gasteiger partial charge in [-0.25, -0.2) is 0 Å². The molecule has 0 saturated heterocycles. The van der Waals surface area contributed by atoms with E-state index in [1.807, 2.05) is 6.07 Å². The molecule has 0 amide bonds. The Morgan fingerprint density at radius 2 is 0.784 bits per heavy atom. The van der Waals surface area contributed by atoms with E-state index in [1.165, 1.54) is 25.1 Å². The van der Waals surface area contributed by atoms with Crippen LogP contribution in [0.3, 0.4) is 0 Å². The summed E-state index contributed by atoms with van der Waals surface area (Å²) in [5.74, 6) is 0. The molecule has 0 bridgehead atoms. The van der Waals surface area contributed by atoms with Crippen molar-refractivity contribution < 1.29 is 39.5 Å². The highest BCUT2D eigenvalue weighted by Crippen LogP contribution is 2.55. The summed E-state index contributed by atoms with van der Waals surface area (Å²) in [6.45, 7) is 1.33. The maximum Gasteiger partial charge on any atom is 0.416 e. The second kappa shape index (κ2) is 12.1. The van der Waals surface area contributed by atoms with Crippen molar-refractivity contribution in [2.24, 2.45) is 0 Å². The van der Waals surface area contributed by atoms with Crippen LogP contribution >= 0.6 is 0 Å². The van der Waals surface area contributed by atoms with Crippen molar-refractivity contribution in [1.82, 2.24) is 0 Å². The monoisotopic (exact) mass is 698 g/mol. The van der Waals surface area contributed by atoms with E-state index in [1.54, 1.807) is 18.2 Å². The van der Waals surface area contributed by atoms with Gasteiger partial charge < -0.3 is 0 Å². The Morgan fingerprint density at radius 1 is 0.451 bits per heavy atom. The standard InChI is InChI=1S/C36H11F9N6/c1-16-2-17(4-21(3-16)34(37,38)39)30-28(14-50)24-8-27-25(9-26(24)32(30)19(10-46)11-47)29(15-51)31(33(27)20(12-48)13-49)18-5-22(35(40,41)42)7-23(6-18)36(43,44)45/h2-9H,1H3. The van der Waals surface area contributed by atoms with Gasteiger partial charge >= 0.3 is 18.5 Å². The van der Waals surface area contributed by atoms with E-state index in [0.29, 0.717) is 18.2 Å². The number of hydrogen-bond acceptors (Lipinski definition) is 6. The molecule has 0 spiro atoms. The van der Waals surface area contributed by atoms with Crippen LogP contribution in [0.2, 0.25) is 0 Å². The minimum atomic E-state index is -5.32. The first-order valence-corrected chi connectivity index (χ1v) is 13.9. The molecule has 0 atom stereocenters. The molecule has 0 radical (unpaired) electrons. The molecule has 0 heterocycles. The summed E-state index contributed by atoms with van der Waals surface area (Å²) in [5, 5.41) is 60.1. The zero-order chi connectivity index (χ0) is 37.8. The summed E-state index contributed by atoms with van der Waals surface area (Å²) in [7, 11) is 0. The summed E-state index contributed by atoms with van der Waals surface area (Å²) >= 11 is 0. The fourth-order valence-electron chi connectivity index (χ4n) is 6.01. The molecule has 248 valence electrons. The minimum Gasteiger partial charge on any atom is -0.192 e. The molecule has 0 saturated carbocycles. The zero-order valence-electron chi connectivity index (χ0n) is 25.2. The maximum absolute atomic E-state index is 13.9. The van der Waals surface area contributed by atoms with E-state index in [0.717, 1.165) is 18.2 Å². The number of aryl methyl sites for hydroxylation is 1. The van der Waals surface area contributed by atoms with Gasteiger partial charge in [0.2, 0.25) is 0 Å². The molecule has 2 aliphatic rings. The lowest BCUT2D eigenvalue weighted by molar-refractivity contribution is -0.143. The van der Waals surface area contributed by atoms with E-state index < -0.39 is 74.2 Å². The number of rotatable bonds is 2. The number of halogens is 9. The van der Waals surface area contributed by atoms with Crippen molar-refractivity contribution in [3.63, 3.8) is 0 Å². The Bertz CT molecular complexity index is 2430. The molecule has 2 aliphatic carbocycles. The molecular formula is C36H11F9N6. The minimum absolute atomic E-state index is 0.0782. The Labute approximate surface area is 281 Å². The molecule has 0 N–H and O–H groups in total. The third kappa shape index (κ3) is 5.84. The molecule has 0 aromatic heterocycles. The van der Waals surface area contributed by atoms with Crippen LogP contribution in [0.1, 0.15) is 55.6 Å². The van der Waals surface area contributed by atoms with E-state index in [2.05, 4.69) is 0 Å². The molecule has 3 aromatic carbocycles. The van der Waals surface area contributed by atoms with Crippen molar-refractivity contribution in [1.29, 1.82) is 31.6 Å². The van der Waals surface area contributed by atoms with Gasteiger partial charge in [0.25, 0.3) is 0 Å². The first-order chi connectivity index (χ1) is 23.8. The highest BCUT2D eigenvalue weighted by Gasteiger charge is 2.41. The van der Waals surface area contributed by atoms with E-state index in [-0.39, 0.29) is 50.6 Å². The zero-order valence-corrected chi connectivity index (χ0v) is 25.2. The number of benzene rings is 3. The molecule has 6 nitrogen and oxygen atoms in total. The highest BCUT2D eigenvalue weighted by atomic mass is 19.4. The SMILES string of the molecule is Cc1cc(C2=C(C#N)c3cc4c(cc3C2=C(C#N)C#N)C(C#N)=C(c2cc(C(F)(F)F)cc(C(F)(F)F)c2)C4=C(C#N)C#N)cc(C(F)(F)F)c1. The van der Waals surface area contributed by atoms with Crippen LogP contribution in [0.15, 0.2) is 59.7 Å². The van der Waals surface area contributed by atoms with Crippen LogP contribution in [0.5, 0.6) is 0 Å².